The predicted octanol–water partition coefficient (Wildman–Crippen LogP) is -0.540. The molecule has 0 aromatic rings. The maximum Gasteiger partial charge on any atom is 1.00 e. The Kier molecular flexibility index (Phi) is 3.47. The average molecular weight is 195 g/mol. The van der Waals surface area contributed by atoms with Crippen LogP contribution in [0.5, 0.6) is 0 Å². The number of allylic oxidation sites excluding steroid dienone is 1. The zero-order chi connectivity index (χ0) is 7.14. The van der Waals surface area contributed by atoms with E-state index in [1.54, 1.807) is 0 Å². The van der Waals surface area contributed by atoms with Gasteiger partial charge in [-0.15, -0.1) is 11.8 Å². The van der Waals surface area contributed by atoms with E-state index >= 15 is 0 Å². The fourth-order valence-electron chi connectivity index (χ4n) is 1.19. The van der Waals surface area contributed by atoms with E-state index in [4.69, 9.17) is 12.2 Å². The van der Waals surface area contributed by atoms with Gasteiger partial charge in [0.25, 0.3) is 0 Å². The summed E-state index contributed by atoms with van der Waals surface area (Å²) in [7, 11) is 0. The van der Waals surface area contributed by atoms with E-state index in [0.29, 0.717) is 5.37 Å². The van der Waals surface area contributed by atoms with Gasteiger partial charge in [-0.05, 0) is 6.42 Å². The van der Waals surface area contributed by atoms with Crippen LogP contribution < -0.4 is 29.6 Å². The smallest absolute Gasteiger partial charge is 1.00 e. The molecular formula is C7H10NNaS2. The molecule has 11 heavy (non-hydrogen) atoms. The summed E-state index contributed by atoms with van der Waals surface area (Å²) in [5.74, 6) is 0. The Balaban J connectivity index is 0.000000605. The molecule has 1 saturated heterocycles. The summed E-state index contributed by atoms with van der Waals surface area (Å²) >= 11 is 7.05. The van der Waals surface area contributed by atoms with Crippen molar-refractivity contribution < 1.29 is 31.0 Å². The van der Waals surface area contributed by atoms with Crippen LogP contribution in [-0.4, -0.2) is 15.3 Å². The summed E-state index contributed by atoms with van der Waals surface area (Å²) in [5.41, 5.74) is 0. The molecule has 4 heteroatoms. The van der Waals surface area contributed by atoms with Gasteiger partial charge < -0.3 is 6.33 Å². The molecule has 0 bridgehead atoms. The van der Waals surface area contributed by atoms with E-state index < -0.39 is 0 Å². The number of thiocarbonyl (C=S) groups is 1. The fourth-order valence-corrected chi connectivity index (χ4v) is 2.93. The van der Waals surface area contributed by atoms with Crippen LogP contribution in [0.25, 0.3) is 0 Å². The third-order valence-electron chi connectivity index (χ3n) is 1.87. The van der Waals surface area contributed by atoms with Gasteiger partial charge in [0, 0.05) is 17.5 Å². The molecule has 2 aliphatic rings. The molecule has 0 aromatic carbocycles. The third kappa shape index (κ3) is 1.68. The first-order valence-electron chi connectivity index (χ1n) is 3.50. The Morgan fingerprint density at radius 1 is 1.91 bits per heavy atom. The first-order chi connectivity index (χ1) is 4.81. The Bertz CT molecular complexity index is 219. The van der Waals surface area contributed by atoms with Crippen LogP contribution in [0.15, 0.2) is 11.1 Å². The quantitative estimate of drug-likeness (QED) is 0.409. The van der Waals surface area contributed by atoms with Crippen LogP contribution in [0.2, 0.25) is 0 Å². The number of hydrogen-bond acceptors (Lipinski definition) is 2. The van der Waals surface area contributed by atoms with Gasteiger partial charge in [0.05, 0.1) is 10.4 Å². The minimum absolute atomic E-state index is 0. The summed E-state index contributed by atoms with van der Waals surface area (Å²) in [4.78, 5) is 4.80. The predicted molar refractivity (Wildman–Crippen MR) is 49.9 cm³/mol. The maximum atomic E-state index is 5.09. The first kappa shape index (κ1) is 10.1. The Morgan fingerprint density at radius 2 is 2.64 bits per heavy atom. The average Bonchev–Trinajstić information content (AvgIpc) is 2.26. The summed E-state index contributed by atoms with van der Waals surface area (Å²) in [6.07, 6.45) is 4.46. The largest absolute Gasteiger partial charge is 1.00 e. The molecule has 0 saturated carbocycles. The molecule has 2 heterocycles. The zero-order valence-electron chi connectivity index (χ0n) is 7.83. The minimum atomic E-state index is 0. The zero-order valence-corrected chi connectivity index (χ0v) is 10.5. The molecule has 0 amide bonds. The van der Waals surface area contributed by atoms with Crippen molar-refractivity contribution in [2.45, 2.75) is 25.1 Å². The molecule has 56 valence electrons. The first-order valence-corrected chi connectivity index (χ1v) is 4.78. The van der Waals surface area contributed by atoms with Gasteiger partial charge in [-0.1, -0.05) is 19.1 Å². The molecule has 0 aromatic heterocycles. The third-order valence-corrected chi connectivity index (χ3v) is 3.61. The SMILES string of the molecule is CCC1=CN2C(=S)C[C@@H]2S1.[H-].[Na+]. The van der Waals surface area contributed by atoms with E-state index in [-0.39, 0.29) is 31.0 Å². The normalized spacial score (nSPS) is 27.0. The van der Waals surface area contributed by atoms with Crippen molar-refractivity contribution in [1.82, 2.24) is 4.90 Å². The topological polar surface area (TPSA) is 3.24 Å². The van der Waals surface area contributed by atoms with Crippen LogP contribution in [0, 0.1) is 0 Å². The van der Waals surface area contributed by atoms with Crippen LogP contribution in [0.4, 0.5) is 0 Å². The maximum absolute atomic E-state index is 5.09. The van der Waals surface area contributed by atoms with Gasteiger partial charge in [-0.2, -0.15) is 0 Å². The molecular weight excluding hydrogens is 185 g/mol. The van der Waals surface area contributed by atoms with E-state index in [9.17, 15) is 0 Å². The van der Waals surface area contributed by atoms with E-state index in [1.807, 2.05) is 11.8 Å². The second-order valence-corrected chi connectivity index (χ2v) is 4.30. The second-order valence-electron chi connectivity index (χ2n) is 2.53. The molecule has 0 aliphatic carbocycles. The summed E-state index contributed by atoms with van der Waals surface area (Å²) in [6.45, 7) is 2.19. The van der Waals surface area contributed by atoms with E-state index in [0.717, 1.165) is 17.8 Å². The van der Waals surface area contributed by atoms with Crippen LogP contribution in [0.1, 0.15) is 21.2 Å². The van der Waals surface area contributed by atoms with Gasteiger partial charge in [0.15, 0.2) is 0 Å². The van der Waals surface area contributed by atoms with Gasteiger partial charge >= 0.3 is 29.6 Å². The molecule has 0 unspecified atom stereocenters. The molecule has 1 atom stereocenters. The Labute approximate surface area is 100 Å². The van der Waals surface area contributed by atoms with Crippen molar-refractivity contribution in [2.75, 3.05) is 0 Å². The van der Waals surface area contributed by atoms with Crippen molar-refractivity contribution in [3.05, 3.63) is 11.1 Å². The van der Waals surface area contributed by atoms with E-state index in [2.05, 4.69) is 18.0 Å². The summed E-state index contributed by atoms with van der Waals surface area (Å²) in [6, 6.07) is 0. The molecule has 1 nitrogen and oxygen atoms in total. The van der Waals surface area contributed by atoms with Crippen LogP contribution >= 0.6 is 24.0 Å². The number of hydrogen-bond donors (Lipinski definition) is 0. The number of rotatable bonds is 1. The molecule has 2 aliphatic heterocycles. The summed E-state index contributed by atoms with van der Waals surface area (Å²) in [5, 5.41) is 0.669. The Hall–Kier alpha value is 0.980. The number of nitrogens with zero attached hydrogens (tertiary/aromatic N) is 1. The number of fused-ring (bicyclic) bond motifs is 1. The van der Waals surface area contributed by atoms with Gasteiger partial charge in [0.1, 0.15) is 0 Å². The minimum Gasteiger partial charge on any atom is -1.00 e. The van der Waals surface area contributed by atoms with Gasteiger partial charge in [-0.25, -0.2) is 0 Å². The van der Waals surface area contributed by atoms with Crippen molar-refractivity contribution in [3.63, 3.8) is 0 Å². The van der Waals surface area contributed by atoms with Crippen molar-refractivity contribution >= 4 is 29.0 Å². The molecule has 0 N–H and O–H groups in total. The summed E-state index contributed by atoms with van der Waals surface area (Å²) < 4.78 is 0. The Morgan fingerprint density at radius 3 is 3.09 bits per heavy atom. The van der Waals surface area contributed by atoms with Gasteiger partial charge in [0.2, 0.25) is 0 Å². The van der Waals surface area contributed by atoms with Crippen molar-refractivity contribution in [2.24, 2.45) is 0 Å². The van der Waals surface area contributed by atoms with Crippen LogP contribution in [0.3, 0.4) is 0 Å². The fraction of sp³-hybridized carbons (Fsp3) is 0.571. The van der Waals surface area contributed by atoms with Crippen molar-refractivity contribution in [1.29, 1.82) is 0 Å². The molecule has 0 spiro atoms. The van der Waals surface area contributed by atoms with Crippen molar-refractivity contribution in [3.8, 4) is 0 Å². The molecule has 0 radical (unpaired) electrons. The van der Waals surface area contributed by atoms with Gasteiger partial charge in [-0.3, -0.25) is 0 Å². The second kappa shape index (κ2) is 3.79. The van der Waals surface area contributed by atoms with Crippen LogP contribution in [-0.2, 0) is 0 Å². The standard InChI is InChI=1S/C7H9NS2.Na.H/c1-2-5-4-8-6(9)3-7(8)10-5;;/h4,7H,2-3H2,1H3;;/q;+1;-1/t7-;;/m0../s1. The monoisotopic (exact) mass is 195 g/mol. The molecule has 2 rings (SSSR count). The van der Waals surface area contributed by atoms with E-state index in [1.165, 1.54) is 4.91 Å². The number of thioether (sulfide) groups is 1. The molecule has 1 fully saturated rings.